The van der Waals surface area contributed by atoms with Gasteiger partial charge in [-0.05, 0) is 41.2 Å². The predicted octanol–water partition coefficient (Wildman–Crippen LogP) is 4.78. The van der Waals surface area contributed by atoms with Crippen LogP contribution in [0.25, 0.3) is 16.9 Å². The number of halogens is 1. The third-order valence-electron chi connectivity index (χ3n) is 5.03. The molecule has 0 bridgehead atoms. The van der Waals surface area contributed by atoms with Crippen LogP contribution >= 0.6 is 15.9 Å². The standard InChI is InChI=1S/C20H23BrN4/c1-2-6-15-9-10-24(12-15)14-18-19(16-7-4-3-5-8-16)23-25-13-17(21)11-22-20(18)25/h3-5,7-8,11,13,15H,2,6,9-10,12,14H2,1H3. The first-order valence-corrected chi connectivity index (χ1v) is 9.84. The SMILES string of the molecule is CCCC1CCN(Cc2c(-c3ccccc3)nn3cc(Br)cnc23)C1. The van der Waals surface area contributed by atoms with Gasteiger partial charge in [0.2, 0.25) is 0 Å². The quantitative estimate of drug-likeness (QED) is 0.619. The first-order chi connectivity index (χ1) is 12.2. The Morgan fingerprint density at radius 1 is 1.24 bits per heavy atom. The summed E-state index contributed by atoms with van der Waals surface area (Å²) in [5.74, 6) is 0.842. The summed E-state index contributed by atoms with van der Waals surface area (Å²) < 4.78 is 2.85. The molecule has 1 atom stereocenters. The lowest BCUT2D eigenvalue weighted by molar-refractivity contribution is 0.314. The van der Waals surface area contributed by atoms with Gasteiger partial charge in [0.15, 0.2) is 5.65 Å². The van der Waals surface area contributed by atoms with Crippen LogP contribution in [0.4, 0.5) is 0 Å². The Labute approximate surface area is 157 Å². The first kappa shape index (κ1) is 16.7. The average Bonchev–Trinajstić information content (AvgIpc) is 3.21. The molecule has 0 aliphatic carbocycles. The Kier molecular flexibility index (Phi) is 4.86. The van der Waals surface area contributed by atoms with Crippen molar-refractivity contribution in [3.63, 3.8) is 0 Å². The van der Waals surface area contributed by atoms with Crippen LogP contribution in [0.5, 0.6) is 0 Å². The van der Waals surface area contributed by atoms with Crippen LogP contribution in [0, 0.1) is 5.92 Å². The summed E-state index contributed by atoms with van der Waals surface area (Å²) in [6.07, 6.45) is 7.77. The van der Waals surface area contributed by atoms with Gasteiger partial charge in [-0.1, -0.05) is 43.7 Å². The highest BCUT2D eigenvalue weighted by Crippen LogP contribution is 2.29. The van der Waals surface area contributed by atoms with Gasteiger partial charge in [0, 0.05) is 36.6 Å². The van der Waals surface area contributed by atoms with Crippen LogP contribution < -0.4 is 0 Å². The maximum Gasteiger partial charge on any atom is 0.160 e. The monoisotopic (exact) mass is 398 g/mol. The highest BCUT2D eigenvalue weighted by molar-refractivity contribution is 9.10. The lowest BCUT2D eigenvalue weighted by atomic mass is 10.0. The molecule has 25 heavy (non-hydrogen) atoms. The van der Waals surface area contributed by atoms with Crippen molar-refractivity contribution < 1.29 is 0 Å². The van der Waals surface area contributed by atoms with E-state index in [1.807, 2.05) is 23.0 Å². The fourth-order valence-corrected chi connectivity index (χ4v) is 4.15. The summed E-state index contributed by atoms with van der Waals surface area (Å²) in [5.41, 5.74) is 4.39. The van der Waals surface area contributed by atoms with Gasteiger partial charge < -0.3 is 0 Å². The number of fused-ring (bicyclic) bond motifs is 1. The van der Waals surface area contributed by atoms with E-state index in [1.165, 1.54) is 37.9 Å². The van der Waals surface area contributed by atoms with Gasteiger partial charge in [-0.3, -0.25) is 4.90 Å². The second-order valence-electron chi connectivity index (χ2n) is 6.91. The molecular formula is C20H23BrN4. The second-order valence-corrected chi connectivity index (χ2v) is 7.83. The van der Waals surface area contributed by atoms with Crippen molar-refractivity contribution in [3.8, 4) is 11.3 Å². The van der Waals surface area contributed by atoms with Crippen LogP contribution in [-0.2, 0) is 6.54 Å². The summed E-state index contributed by atoms with van der Waals surface area (Å²) in [4.78, 5) is 7.21. The lowest BCUT2D eigenvalue weighted by Crippen LogP contribution is -2.20. The fraction of sp³-hybridized carbons (Fsp3) is 0.400. The number of hydrogen-bond donors (Lipinski definition) is 0. The summed E-state index contributed by atoms with van der Waals surface area (Å²) in [7, 11) is 0. The largest absolute Gasteiger partial charge is 0.299 e. The molecule has 1 saturated heterocycles. The molecule has 1 aromatic carbocycles. The van der Waals surface area contributed by atoms with E-state index in [0.717, 1.165) is 33.8 Å². The Morgan fingerprint density at radius 2 is 2.08 bits per heavy atom. The van der Waals surface area contributed by atoms with E-state index in [1.54, 1.807) is 0 Å². The third-order valence-corrected chi connectivity index (χ3v) is 5.44. The van der Waals surface area contributed by atoms with Crippen LogP contribution in [0.15, 0.2) is 47.2 Å². The molecule has 0 radical (unpaired) electrons. The zero-order chi connectivity index (χ0) is 17.2. The van der Waals surface area contributed by atoms with Crippen LogP contribution in [-0.4, -0.2) is 32.6 Å². The van der Waals surface area contributed by atoms with Crippen molar-refractivity contribution in [3.05, 3.63) is 52.8 Å². The number of likely N-dealkylation sites (tertiary alicyclic amines) is 1. The van der Waals surface area contributed by atoms with Gasteiger partial charge in [-0.25, -0.2) is 9.50 Å². The maximum atomic E-state index is 4.84. The van der Waals surface area contributed by atoms with E-state index in [2.05, 4.69) is 57.0 Å². The topological polar surface area (TPSA) is 33.4 Å². The zero-order valence-electron chi connectivity index (χ0n) is 14.5. The Hall–Kier alpha value is -1.72. The molecule has 2 aromatic heterocycles. The molecule has 3 heterocycles. The molecule has 4 rings (SSSR count). The summed E-state index contributed by atoms with van der Waals surface area (Å²) in [6, 6.07) is 10.4. The van der Waals surface area contributed by atoms with E-state index in [4.69, 9.17) is 5.10 Å². The first-order valence-electron chi connectivity index (χ1n) is 9.05. The minimum atomic E-state index is 0.842. The average molecular weight is 399 g/mol. The Bertz CT molecular complexity index is 859. The number of benzene rings is 1. The lowest BCUT2D eigenvalue weighted by Gasteiger charge is -2.16. The fourth-order valence-electron chi connectivity index (χ4n) is 3.86. The molecule has 1 fully saturated rings. The predicted molar refractivity (Wildman–Crippen MR) is 104 cm³/mol. The minimum absolute atomic E-state index is 0.842. The molecule has 4 nitrogen and oxygen atoms in total. The van der Waals surface area contributed by atoms with Gasteiger partial charge in [0.25, 0.3) is 0 Å². The van der Waals surface area contributed by atoms with Crippen molar-refractivity contribution in [2.75, 3.05) is 13.1 Å². The normalized spacial score (nSPS) is 18.2. The molecule has 0 saturated carbocycles. The van der Waals surface area contributed by atoms with E-state index >= 15 is 0 Å². The molecular weight excluding hydrogens is 376 g/mol. The molecule has 0 N–H and O–H groups in total. The molecule has 0 amide bonds. The molecule has 1 aliphatic heterocycles. The van der Waals surface area contributed by atoms with Crippen molar-refractivity contribution >= 4 is 21.6 Å². The second kappa shape index (κ2) is 7.26. The Morgan fingerprint density at radius 3 is 2.88 bits per heavy atom. The summed E-state index contributed by atoms with van der Waals surface area (Å²) in [5, 5.41) is 4.84. The summed E-state index contributed by atoms with van der Waals surface area (Å²) in [6.45, 7) is 5.56. The molecule has 1 unspecified atom stereocenters. The van der Waals surface area contributed by atoms with Gasteiger partial charge in [0.05, 0.1) is 10.2 Å². The van der Waals surface area contributed by atoms with Crippen molar-refractivity contribution in [1.29, 1.82) is 0 Å². The summed E-state index contributed by atoms with van der Waals surface area (Å²) >= 11 is 3.50. The van der Waals surface area contributed by atoms with E-state index in [0.29, 0.717) is 0 Å². The Balaban J connectivity index is 1.71. The van der Waals surface area contributed by atoms with E-state index in [-0.39, 0.29) is 0 Å². The maximum absolute atomic E-state index is 4.84. The van der Waals surface area contributed by atoms with Gasteiger partial charge >= 0.3 is 0 Å². The molecule has 3 aromatic rings. The smallest absolute Gasteiger partial charge is 0.160 e. The minimum Gasteiger partial charge on any atom is -0.299 e. The van der Waals surface area contributed by atoms with Gasteiger partial charge in [-0.15, -0.1) is 0 Å². The van der Waals surface area contributed by atoms with E-state index < -0.39 is 0 Å². The number of rotatable bonds is 5. The van der Waals surface area contributed by atoms with Crippen molar-refractivity contribution in [1.82, 2.24) is 19.5 Å². The molecule has 5 heteroatoms. The number of nitrogens with zero attached hydrogens (tertiary/aromatic N) is 4. The third kappa shape index (κ3) is 3.48. The van der Waals surface area contributed by atoms with E-state index in [9.17, 15) is 0 Å². The van der Waals surface area contributed by atoms with Crippen molar-refractivity contribution in [2.45, 2.75) is 32.7 Å². The van der Waals surface area contributed by atoms with Crippen LogP contribution in [0.2, 0.25) is 0 Å². The number of aromatic nitrogens is 3. The van der Waals surface area contributed by atoms with Crippen molar-refractivity contribution in [2.24, 2.45) is 5.92 Å². The van der Waals surface area contributed by atoms with Crippen LogP contribution in [0.1, 0.15) is 31.7 Å². The number of hydrogen-bond acceptors (Lipinski definition) is 3. The highest BCUT2D eigenvalue weighted by Gasteiger charge is 2.25. The molecule has 0 spiro atoms. The highest BCUT2D eigenvalue weighted by atomic mass is 79.9. The van der Waals surface area contributed by atoms with Crippen LogP contribution in [0.3, 0.4) is 0 Å². The van der Waals surface area contributed by atoms with Gasteiger partial charge in [-0.2, -0.15) is 5.10 Å². The van der Waals surface area contributed by atoms with Gasteiger partial charge in [0.1, 0.15) is 0 Å². The zero-order valence-corrected chi connectivity index (χ0v) is 16.1. The molecule has 1 aliphatic rings. The molecule has 130 valence electrons.